The molecule has 3 aliphatic heterocycles. The van der Waals surface area contributed by atoms with Gasteiger partial charge in [-0.15, -0.1) is 0 Å². The van der Waals surface area contributed by atoms with Crippen LogP contribution in [0.15, 0.2) is 12.1 Å². The molecule has 0 amide bonds. The van der Waals surface area contributed by atoms with Crippen molar-refractivity contribution in [1.82, 2.24) is 4.90 Å². The summed E-state index contributed by atoms with van der Waals surface area (Å²) >= 11 is 2.30. The molecule has 0 radical (unpaired) electrons. The van der Waals surface area contributed by atoms with E-state index in [0.717, 1.165) is 39.0 Å². The topological polar surface area (TPSA) is 75.7 Å². The monoisotopic (exact) mass is 539 g/mol. The summed E-state index contributed by atoms with van der Waals surface area (Å²) in [5.41, 5.74) is 3.27. The number of nitrogens with zero attached hydrogens (tertiary/aromatic N) is 1. The average Bonchev–Trinajstić information content (AvgIpc) is 3.39. The maximum atomic E-state index is 12.9. The molecule has 0 aliphatic carbocycles. The zero-order valence-corrected chi connectivity index (χ0v) is 19.8. The van der Waals surface area contributed by atoms with E-state index >= 15 is 0 Å². The van der Waals surface area contributed by atoms with Crippen LogP contribution >= 0.6 is 22.6 Å². The Balaban J connectivity index is 1.72. The lowest BCUT2D eigenvalue weighted by molar-refractivity contribution is 0.00869. The van der Waals surface area contributed by atoms with Crippen molar-refractivity contribution in [3.63, 3.8) is 0 Å². The molecular formula is C22H22INO7. The summed E-state index contributed by atoms with van der Waals surface area (Å²) in [5, 5.41) is 0. The van der Waals surface area contributed by atoms with Crippen LogP contribution in [0.25, 0.3) is 0 Å². The molecule has 1 unspecified atom stereocenters. The third kappa shape index (κ3) is 2.85. The highest BCUT2D eigenvalue weighted by Crippen LogP contribution is 2.56. The average molecular weight is 539 g/mol. The van der Waals surface area contributed by atoms with E-state index in [2.05, 4.69) is 27.5 Å². The van der Waals surface area contributed by atoms with Crippen molar-refractivity contribution in [3.05, 3.63) is 38.0 Å². The molecule has 0 saturated carbocycles. The van der Waals surface area contributed by atoms with E-state index in [-0.39, 0.29) is 12.8 Å². The highest BCUT2D eigenvalue weighted by atomic mass is 127. The Labute approximate surface area is 193 Å². The van der Waals surface area contributed by atoms with Gasteiger partial charge in [-0.1, -0.05) is 6.07 Å². The Kier molecular flexibility index (Phi) is 5.04. The SMILES string of the molecule is COc1ccc2c(c1OC)C(=O)OC2[C@H]1c2c(c(I)c3c(c2OC)OCO3)CCN1C. The van der Waals surface area contributed by atoms with Gasteiger partial charge in [-0.2, -0.15) is 0 Å². The van der Waals surface area contributed by atoms with Crippen LogP contribution in [0.2, 0.25) is 0 Å². The van der Waals surface area contributed by atoms with Crippen LogP contribution in [0.4, 0.5) is 0 Å². The molecule has 5 rings (SSSR count). The largest absolute Gasteiger partial charge is 0.493 e. The quantitative estimate of drug-likeness (QED) is 0.432. The third-order valence-corrected chi connectivity index (χ3v) is 7.29. The lowest BCUT2D eigenvalue weighted by Gasteiger charge is -2.39. The Hall–Kier alpha value is -2.40. The number of hydrogen-bond donors (Lipinski definition) is 0. The van der Waals surface area contributed by atoms with Crippen molar-refractivity contribution in [1.29, 1.82) is 0 Å². The normalized spacial score (nSPS) is 21.4. The number of methoxy groups -OCH3 is 3. The number of esters is 1. The summed E-state index contributed by atoms with van der Waals surface area (Å²) < 4.78 is 35.1. The first-order chi connectivity index (χ1) is 15.0. The number of halogens is 1. The third-order valence-electron chi connectivity index (χ3n) is 6.15. The number of rotatable bonds is 4. The van der Waals surface area contributed by atoms with E-state index in [4.69, 9.17) is 28.4 Å². The molecule has 3 heterocycles. The van der Waals surface area contributed by atoms with Gasteiger partial charge in [0.2, 0.25) is 12.5 Å². The standard InChI is InChI=1S/C22H22INO7/c1-24-8-7-10-13(19(28-4)21-20(15(10)23)29-9-30-21)16(24)17-11-5-6-12(26-2)18(27-3)14(11)22(25)31-17/h5-6,16-17H,7-9H2,1-4H3/t16-,17?/m1/s1. The molecule has 3 aliphatic rings. The van der Waals surface area contributed by atoms with Crippen molar-refractivity contribution in [2.45, 2.75) is 18.6 Å². The molecule has 0 N–H and O–H groups in total. The van der Waals surface area contributed by atoms with E-state index in [0.29, 0.717) is 28.6 Å². The summed E-state index contributed by atoms with van der Waals surface area (Å²) in [5.74, 6) is 2.40. The number of carbonyl (C=O) groups is 1. The van der Waals surface area contributed by atoms with E-state index in [9.17, 15) is 4.79 Å². The molecule has 0 spiro atoms. The highest BCUT2D eigenvalue weighted by molar-refractivity contribution is 14.1. The molecule has 8 nitrogen and oxygen atoms in total. The number of hydrogen-bond acceptors (Lipinski definition) is 8. The lowest BCUT2D eigenvalue weighted by atomic mass is 9.85. The molecule has 0 aromatic heterocycles. The molecule has 2 aromatic carbocycles. The Morgan fingerprint density at radius 2 is 1.81 bits per heavy atom. The Morgan fingerprint density at radius 1 is 1.06 bits per heavy atom. The van der Waals surface area contributed by atoms with E-state index in [1.807, 2.05) is 13.1 Å². The van der Waals surface area contributed by atoms with Gasteiger partial charge >= 0.3 is 5.97 Å². The predicted molar refractivity (Wildman–Crippen MR) is 119 cm³/mol. The zero-order valence-electron chi connectivity index (χ0n) is 17.6. The van der Waals surface area contributed by atoms with Crippen molar-refractivity contribution in [2.24, 2.45) is 0 Å². The smallest absolute Gasteiger partial charge is 0.343 e. The minimum Gasteiger partial charge on any atom is -0.493 e. The summed E-state index contributed by atoms with van der Waals surface area (Å²) in [6.07, 6.45) is 0.295. The lowest BCUT2D eigenvalue weighted by Crippen LogP contribution is -2.36. The molecule has 2 aromatic rings. The second-order valence-electron chi connectivity index (χ2n) is 7.57. The van der Waals surface area contributed by atoms with E-state index < -0.39 is 12.1 Å². The fourth-order valence-corrected chi connectivity index (χ4v) is 5.74. The molecule has 0 fully saturated rings. The fraction of sp³-hybridized carbons (Fsp3) is 0.409. The molecule has 9 heteroatoms. The van der Waals surface area contributed by atoms with Gasteiger partial charge in [-0.3, -0.25) is 4.90 Å². The van der Waals surface area contributed by atoms with Crippen LogP contribution < -0.4 is 23.7 Å². The summed E-state index contributed by atoms with van der Waals surface area (Å²) in [7, 11) is 6.71. The number of carbonyl (C=O) groups excluding carboxylic acids is 1. The summed E-state index contributed by atoms with van der Waals surface area (Å²) in [6.45, 7) is 0.955. The Morgan fingerprint density at radius 3 is 2.52 bits per heavy atom. The summed E-state index contributed by atoms with van der Waals surface area (Å²) in [4.78, 5) is 15.1. The van der Waals surface area contributed by atoms with Crippen molar-refractivity contribution < 1.29 is 33.2 Å². The van der Waals surface area contributed by atoms with Gasteiger partial charge in [-0.05, 0) is 47.7 Å². The number of benzene rings is 2. The Bertz CT molecular complexity index is 1090. The van der Waals surface area contributed by atoms with Crippen LogP contribution in [0.3, 0.4) is 0 Å². The highest BCUT2D eigenvalue weighted by Gasteiger charge is 2.47. The van der Waals surface area contributed by atoms with Gasteiger partial charge in [0.1, 0.15) is 11.7 Å². The van der Waals surface area contributed by atoms with E-state index in [1.54, 1.807) is 20.3 Å². The first kappa shape index (κ1) is 20.5. The fourth-order valence-electron chi connectivity index (χ4n) is 4.78. The second kappa shape index (κ2) is 7.63. The first-order valence-corrected chi connectivity index (χ1v) is 10.9. The van der Waals surface area contributed by atoms with Gasteiger partial charge in [0.25, 0.3) is 0 Å². The van der Waals surface area contributed by atoms with Crippen LogP contribution in [0.5, 0.6) is 28.7 Å². The maximum absolute atomic E-state index is 12.9. The van der Waals surface area contributed by atoms with Crippen molar-refractivity contribution >= 4 is 28.6 Å². The second-order valence-corrected chi connectivity index (χ2v) is 8.65. The maximum Gasteiger partial charge on any atom is 0.343 e. The molecule has 0 bridgehead atoms. The minimum atomic E-state index is -0.531. The van der Waals surface area contributed by atoms with Gasteiger partial charge in [0.15, 0.2) is 23.0 Å². The first-order valence-electron chi connectivity index (χ1n) is 9.85. The summed E-state index contributed by atoms with van der Waals surface area (Å²) in [6, 6.07) is 3.42. The molecule has 31 heavy (non-hydrogen) atoms. The van der Waals surface area contributed by atoms with Crippen LogP contribution in [-0.4, -0.2) is 52.6 Å². The van der Waals surface area contributed by atoms with Gasteiger partial charge < -0.3 is 28.4 Å². The van der Waals surface area contributed by atoms with Crippen LogP contribution in [0.1, 0.15) is 39.2 Å². The molecule has 2 atom stereocenters. The number of ether oxygens (including phenoxy) is 6. The van der Waals surface area contributed by atoms with Crippen molar-refractivity contribution in [3.8, 4) is 28.7 Å². The van der Waals surface area contributed by atoms with Crippen LogP contribution in [-0.2, 0) is 11.2 Å². The van der Waals surface area contributed by atoms with Crippen LogP contribution in [0, 0.1) is 3.57 Å². The van der Waals surface area contributed by atoms with Gasteiger partial charge in [0, 0.05) is 17.7 Å². The molecular weight excluding hydrogens is 517 g/mol. The molecule has 0 saturated heterocycles. The zero-order chi connectivity index (χ0) is 21.9. The van der Waals surface area contributed by atoms with Gasteiger partial charge in [-0.25, -0.2) is 4.79 Å². The number of fused-ring (bicyclic) bond motifs is 3. The number of cyclic esters (lactones) is 1. The van der Waals surface area contributed by atoms with E-state index in [1.165, 1.54) is 7.11 Å². The van der Waals surface area contributed by atoms with Gasteiger partial charge in [0.05, 0.1) is 30.9 Å². The minimum absolute atomic E-state index is 0.156. The predicted octanol–water partition coefficient (Wildman–Crippen LogP) is 3.49. The number of likely N-dealkylation sites (N-methyl/N-ethyl adjacent to an activating group) is 1. The molecule has 164 valence electrons. The van der Waals surface area contributed by atoms with Crippen molar-refractivity contribution in [2.75, 3.05) is 41.7 Å².